The highest BCUT2D eigenvalue weighted by Crippen LogP contribution is 2.22. The highest BCUT2D eigenvalue weighted by molar-refractivity contribution is 6.13. The number of carbonyl (C=O) groups is 3. The van der Waals surface area contributed by atoms with Gasteiger partial charge in [-0.1, -0.05) is 19.1 Å². The molecule has 28 heavy (non-hydrogen) atoms. The minimum Gasteiger partial charge on any atom is -0.427 e. The van der Waals surface area contributed by atoms with Crippen LogP contribution >= 0.6 is 0 Å². The van der Waals surface area contributed by atoms with E-state index in [-0.39, 0.29) is 29.9 Å². The largest absolute Gasteiger partial charge is 0.427 e. The third-order valence-electron chi connectivity index (χ3n) is 3.75. The van der Waals surface area contributed by atoms with Crippen molar-refractivity contribution in [2.75, 3.05) is 5.32 Å². The number of cyclic esters (lactones) is 1. The summed E-state index contributed by atoms with van der Waals surface area (Å²) >= 11 is 0. The maximum absolute atomic E-state index is 12.1. The van der Waals surface area contributed by atoms with Gasteiger partial charge >= 0.3 is 11.9 Å². The van der Waals surface area contributed by atoms with Crippen molar-refractivity contribution in [1.29, 1.82) is 0 Å². The summed E-state index contributed by atoms with van der Waals surface area (Å²) in [5.41, 5.74) is 2.03. The van der Waals surface area contributed by atoms with E-state index in [9.17, 15) is 14.4 Å². The molecule has 1 aliphatic rings. The molecule has 2 aromatic carbocycles. The summed E-state index contributed by atoms with van der Waals surface area (Å²) in [6.45, 7) is 3.13. The number of nitrogens with zero attached hydrogens (tertiary/aromatic N) is 1. The molecular formula is C21H18N2O5. The molecule has 0 bridgehead atoms. The molecule has 0 radical (unpaired) electrons. The third-order valence-corrected chi connectivity index (χ3v) is 3.75. The molecule has 3 rings (SSSR count). The van der Waals surface area contributed by atoms with Crippen LogP contribution in [0.3, 0.4) is 0 Å². The number of hydrogen-bond donors (Lipinski definition) is 1. The van der Waals surface area contributed by atoms with Gasteiger partial charge < -0.3 is 14.8 Å². The van der Waals surface area contributed by atoms with Crippen LogP contribution in [0.1, 0.15) is 31.4 Å². The number of benzene rings is 2. The van der Waals surface area contributed by atoms with Crippen LogP contribution in [0, 0.1) is 0 Å². The number of ether oxygens (including phenoxy) is 2. The van der Waals surface area contributed by atoms with Gasteiger partial charge in [0.05, 0.1) is 0 Å². The highest BCUT2D eigenvalue weighted by Gasteiger charge is 2.24. The summed E-state index contributed by atoms with van der Waals surface area (Å²) in [5.74, 6) is -0.510. The van der Waals surface area contributed by atoms with Crippen molar-refractivity contribution in [3.8, 4) is 5.75 Å². The second-order valence-electron chi connectivity index (χ2n) is 5.99. The van der Waals surface area contributed by atoms with Gasteiger partial charge in [-0.05, 0) is 48.0 Å². The lowest BCUT2D eigenvalue weighted by atomic mass is 10.2. The molecule has 2 aromatic rings. The minimum atomic E-state index is -0.572. The summed E-state index contributed by atoms with van der Waals surface area (Å²) in [7, 11) is 0. The Labute approximate surface area is 161 Å². The Morgan fingerprint density at radius 3 is 2.61 bits per heavy atom. The fraction of sp³-hybridized carbons (Fsp3) is 0.143. The molecule has 0 spiro atoms. The number of nitrogens with one attached hydrogen (secondary N) is 1. The monoisotopic (exact) mass is 378 g/mol. The van der Waals surface area contributed by atoms with Crippen molar-refractivity contribution in [1.82, 2.24) is 0 Å². The lowest BCUT2D eigenvalue weighted by Crippen LogP contribution is -2.07. The maximum Gasteiger partial charge on any atom is 0.363 e. The van der Waals surface area contributed by atoms with E-state index in [1.807, 2.05) is 0 Å². The number of hydrogen-bond acceptors (Lipinski definition) is 6. The van der Waals surface area contributed by atoms with Crippen LogP contribution in [0.5, 0.6) is 5.75 Å². The zero-order valence-corrected chi connectivity index (χ0v) is 15.4. The molecule has 0 aromatic heterocycles. The maximum atomic E-state index is 12.1. The van der Waals surface area contributed by atoms with Gasteiger partial charge in [-0.25, -0.2) is 9.79 Å². The van der Waals surface area contributed by atoms with Crippen molar-refractivity contribution >= 4 is 35.5 Å². The van der Waals surface area contributed by atoms with Gasteiger partial charge in [-0.15, -0.1) is 0 Å². The molecule has 0 unspecified atom stereocenters. The Morgan fingerprint density at radius 1 is 1.18 bits per heavy atom. The Balaban J connectivity index is 1.80. The Kier molecular flexibility index (Phi) is 5.64. The SMILES string of the molecule is CCC(=O)Oc1cccc(/C=C2\N=C(c3ccc(NC(C)=O)cc3)OC2=O)c1. The quantitative estimate of drug-likeness (QED) is 0.489. The van der Waals surface area contributed by atoms with Crippen molar-refractivity contribution < 1.29 is 23.9 Å². The first kappa shape index (κ1) is 19.0. The number of rotatable bonds is 5. The van der Waals surface area contributed by atoms with Gasteiger partial charge in [-0.3, -0.25) is 9.59 Å². The molecule has 0 saturated heterocycles. The molecule has 0 fully saturated rings. The van der Waals surface area contributed by atoms with Gasteiger partial charge in [0.2, 0.25) is 11.8 Å². The van der Waals surface area contributed by atoms with E-state index in [1.54, 1.807) is 61.5 Å². The van der Waals surface area contributed by atoms with Gasteiger partial charge in [-0.2, -0.15) is 0 Å². The number of carbonyl (C=O) groups excluding carboxylic acids is 3. The average molecular weight is 378 g/mol. The fourth-order valence-electron chi connectivity index (χ4n) is 2.46. The van der Waals surface area contributed by atoms with E-state index >= 15 is 0 Å². The van der Waals surface area contributed by atoms with Gasteiger partial charge in [0.25, 0.3) is 0 Å². The topological polar surface area (TPSA) is 94.1 Å². The van der Waals surface area contributed by atoms with Gasteiger partial charge in [0.1, 0.15) is 5.75 Å². The average Bonchev–Trinajstić information content (AvgIpc) is 3.02. The molecule has 142 valence electrons. The Hall–Kier alpha value is -3.74. The zero-order valence-electron chi connectivity index (χ0n) is 15.4. The highest BCUT2D eigenvalue weighted by atomic mass is 16.6. The summed E-state index contributed by atoms with van der Waals surface area (Å²) < 4.78 is 10.4. The van der Waals surface area contributed by atoms with E-state index in [1.165, 1.54) is 6.92 Å². The predicted molar refractivity (Wildman–Crippen MR) is 104 cm³/mol. The summed E-state index contributed by atoms with van der Waals surface area (Å²) in [4.78, 5) is 38.9. The van der Waals surface area contributed by atoms with E-state index < -0.39 is 5.97 Å². The predicted octanol–water partition coefficient (Wildman–Crippen LogP) is 3.30. The van der Waals surface area contributed by atoms with Crippen molar-refractivity contribution in [2.24, 2.45) is 4.99 Å². The molecule has 7 heteroatoms. The molecule has 0 atom stereocenters. The molecule has 1 N–H and O–H groups in total. The number of aliphatic imine (C=N–C) groups is 1. The van der Waals surface area contributed by atoms with Crippen molar-refractivity contribution in [3.05, 3.63) is 65.4 Å². The molecule has 1 heterocycles. The molecule has 1 amide bonds. The molecular weight excluding hydrogens is 360 g/mol. The normalized spacial score (nSPS) is 14.4. The van der Waals surface area contributed by atoms with Crippen LogP contribution in [-0.4, -0.2) is 23.7 Å². The number of anilines is 1. The second kappa shape index (κ2) is 8.30. The van der Waals surface area contributed by atoms with Crippen molar-refractivity contribution in [3.63, 3.8) is 0 Å². The van der Waals surface area contributed by atoms with Crippen LogP contribution in [-0.2, 0) is 19.1 Å². The van der Waals surface area contributed by atoms with Crippen molar-refractivity contribution in [2.45, 2.75) is 20.3 Å². The van der Waals surface area contributed by atoms with E-state index in [0.717, 1.165) is 0 Å². The Morgan fingerprint density at radius 2 is 1.93 bits per heavy atom. The lowest BCUT2D eigenvalue weighted by molar-refractivity contribution is -0.134. The molecule has 7 nitrogen and oxygen atoms in total. The lowest BCUT2D eigenvalue weighted by Gasteiger charge is -2.03. The molecule has 1 aliphatic heterocycles. The van der Waals surface area contributed by atoms with Crippen LogP contribution in [0.25, 0.3) is 6.08 Å². The standard InChI is InChI=1S/C21H18N2O5/c1-3-19(25)27-17-6-4-5-14(11-17)12-18-21(26)28-20(23-18)15-7-9-16(10-8-15)22-13(2)24/h4-12H,3H2,1-2H3,(H,22,24)/b18-12-. The van der Waals surface area contributed by atoms with Gasteiger partial charge in [0.15, 0.2) is 5.70 Å². The number of esters is 2. The smallest absolute Gasteiger partial charge is 0.363 e. The van der Waals surface area contributed by atoms with Crippen LogP contribution in [0.2, 0.25) is 0 Å². The minimum absolute atomic E-state index is 0.139. The summed E-state index contributed by atoms with van der Waals surface area (Å²) in [6, 6.07) is 13.6. The van der Waals surface area contributed by atoms with E-state index in [2.05, 4.69) is 10.3 Å². The molecule has 0 saturated carbocycles. The first-order valence-electron chi connectivity index (χ1n) is 8.66. The van der Waals surface area contributed by atoms with Gasteiger partial charge in [0, 0.05) is 24.6 Å². The van der Waals surface area contributed by atoms with E-state index in [0.29, 0.717) is 22.6 Å². The first-order chi connectivity index (χ1) is 13.4. The third kappa shape index (κ3) is 4.70. The van der Waals surface area contributed by atoms with Crippen LogP contribution in [0.4, 0.5) is 5.69 Å². The van der Waals surface area contributed by atoms with Crippen LogP contribution < -0.4 is 10.1 Å². The first-order valence-corrected chi connectivity index (χ1v) is 8.66. The summed E-state index contributed by atoms with van der Waals surface area (Å²) in [5, 5.41) is 2.66. The van der Waals surface area contributed by atoms with E-state index in [4.69, 9.17) is 9.47 Å². The number of amides is 1. The van der Waals surface area contributed by atoms with Crippen LogP contribution in [0.15, 0.2) is 59.2 Å². The summed E-state index contributed by atoms with van der Waals surface area (Å²) in [6.07, 6.45) is 1.83. The fourth-order valence-corrected chi connectivity index (χ4v) is 2.46. The second-order valence-corrected chi connectivity index (χ2v) is 5.99. The zero-order chi connectivity index (χ0) is 20.1. The molecule has 0 aliphatic carbocycles. The Bertz CT molecular complexity index is 990.